The Morgan fingerprint density at radius 2 is 1.89 bits per heavy atom. The fourth-order valence-electron chi connectivity index (χ4n) is 1.92. The molecule has 2 rings (SSSR count). The van der Waals surface area contributed by atoms with Gasteiger partial charge in [0.2, 0.25) is 0 Å². The molecule has 0 radical (unpaired) electrons. The molecule has 1 atom stereocenters. The summed E-state index contributed by atoms with van der Waals surface area (Å²) in [7, 11) is 0. The van der Waals surface area contributed by atoms with Crippen molar-refractivity contribution in [1.82, 2.24) is 4.90 Å². The molecular formula is C14H18FNO3. The molecular weight excluding hydrogens is 249 g/mol. The van der Waals surface area contributed by atoms with Crippen molar-refractivity contribution in [2.24, 2.45) is 0 Å². The number of amides is 1. The highest BCUT2D eigenvalue weighted by Crippen LogP contribution is 2.22. The Kier molecular flexibility index (Phi) is 4.04. The van der Waals surface area contributed by atoms with Gasteiger partial charge in [0, 0.05) is 20.0 Å². The molecule has 1 aliphatic heterocycles. The summed E-state index contributed by atoms with van der Waals surface area (Å²) in [5, 5.41) is 0. The SMILES string of the molecule is Cc1ccc(OC(C)(F)C(=O)N2CCOCC2)cc1. The van der Waals surface area contributed by atoms with Crippen LogP contribution in [0.1, 0.15) is 12.5 Å². The van der Waals surface area contributed by atoms with Crippen LogP contribution >= 0.6 is 0 Å². The molecule has 0 saturated carbocycles. The molecule has 104 valence electrons. The van der Waals surface area contributed by atoms with Crippen LogP contribution in [0.5, 0.6) is 5.75 Å². The first-order valence-corrected chi connectivity index (χ1v) is 6.31. The van der Waals surface area contributed by atoms with Crippen LogP contribution in [-0.4, -0.2) is 43.0 Å². The Balaban J connectivity index is 2.04. The van der Waals surface area contributed by atoms with Crippen molar-refractivity contribution in [3.8, 4) is 5.75 Å². The maximum absolute atomic E-state index is 14.4. The zero-order valence-corrected chi connectivity index (χ0v) is 11.2. The summed E-state index contributed by atoms with van der Waals surface area (Å²) in [6.07, 6.45) is 0. The largest absolute Gasteiger partial charge is 0.450 e. The van der Waals surface area contributed by atoms with Crippen LogP contribution < -0.4 is 4.74 Å². The van der Waals surface area contributed by atoms with Crippen molar-refractivity contribution in [3.05, 3.63) is 29.8 Å². The smallest absolute Gasteiger partial charge is 0.324 e. The van der Waals surface area contributed by atoms with E-state index in [9.17, 15) is 9.18 Å². The van der Waals surface area contributed by atoms with E-state index in [0.717, 1.165) is 12.5 Å². The first-order valence-electron chi connectivity index (χ1n) is 6.31. The van der Waals surface area contributed by atoms with Crippen LogP contribution in [0.4, 0.5) is 4.39 Å². The van der Waals surface area contributed by atoms with Gasteiger partial charge in [-0.2, -0.15) is 4.39 Å². The average molecular weight is 267 g/mol. The van der Waals surface area contributed by atoms with Crippen LogP contribution in [0, 0.1) is 6.92 Å². The van der Waals surface area contributed by atoms with Gasteiger partial charge in [-0.25, -0.2) is 0 Å². The van der Waals surface area contributed by atoms with Gasteiger partial charge < -0.3 is 14.4 Å². The summed E-state index contributed by atoms with van der Waals surface area (Å²) in [5.41, 5.74) is 1.05. The molecule has 19 heavy (non-hydrogen) atoms. The molecule has 1 saturated heterocycles. The van der Waals surface area contributed by atoms with Gasteiger partial charge in [-0.15, -0.1) is 0 Å². The number of hydrogen-bond acceptors (Lipinski definition) is 3. The van der Waals surface area contributed by atoms with E-state index in [0.29, 0.717) is 32.1 Å². The molecule has 0 bridgehead atoms. The summed E-state index contributed by atoms with van der Waals surface area (Å²) in [6.45, 7) is 4.74. The van der Waals surface area contributed by atoms with E-state index in [1.165, 1.54) is 4.90 Å². The van der Waals surface area contributed by atoms with Crippen molar-refractivity contribution in [2.75, 3.05) is 26.3 Å². The predicted molar refractivity (Wildman–Crippen MR) is 68.7 cm³/mol. The average Bonchev–Trinajstić information content (AvgIpc) is 2.41. The first kappa shape index (κ1) is 13.8. The lowest BCUT2D eigenvalue weighted by molar-refractivity contribution is -0.166. The fraction of sp³-hybridized carbons (Fsp3) is 0.500. The van der Waals surface area contributed by atoms with E-state index < -0.39 is 11.8 Å². The lowest BCUT2D eigenvalue weighted by Crippen LogP contribution is -2.51. The van der Waals surface area contributed by atoms with Crippen molar-refractivity contribution in [2.45, 2.75) is 19.7 Å². The summed E-state index contributed by atoms with van der Waals surface area (Å²) in [4.78, 5) is 13.5. The molecule has 1 fully saturated rings. The molecule has 1 heterocycles. The second-order valence-electron chi connectivity index (χ2n) is 4.74. The van der Waals surface area contributed by atoms with Gasteiger partial charge in [0.05, 0.1) is 13.2 Å². The standard InChI is InChI=1S/C14H18FNO3/c1-11-3-5-12(6-4-11)19-14(2,15)13(17)16-7-9-18-10-8-16/h3-6H,7-10H2,1-2H3. The topological polar surface area (TPSA) is 38.8 Å². The molecule has 0 aromatic heterocycles. The minimum absolute atomic E-state index is 0.345. The third-order valence-corrected chi connectivity index (χ3v) is 3.01. The third-order valence-electron chi connectivity index (χ3n) is 3.01. The molecule has 1 aliphatic rings. The molecule has 0 N–H and O–H groups in total. The molecule has 1 unspecified atom stereocenters. The molecule has 0 spiro atoms. The van der Waals surface area contributed by atoms with E-state index in [1.807, 2.05) is 19.1 Å². The monoisotopic (exact) mass is 267 g/mol. The second-order valence-corrected chi connectivity index (χ2v) is 4.74. The van der Waals surface area contributed by atoms with Crippen LogP contribution in [0.2, 0.25) is 0 Å². The number of hydrogen-bond donors (Lipinski definition) is 0. The van der Waals surface area contributed by atoms with Crippen LogP contribution in [0.15, 0.2) is 24.3 Å². The highest BCUT2D eigenvalue weighted by atomic mass is 19.2. The minimum atomic E-state index is -2.35. The van der Waals surface area contributed by atoms with Crippen LogP contribution in [-0.2, 0) is 9.53 Å². The fourth-order valence-corrected chi connectivity index (χ4v) is 1.92. The molecule has 1 aromatic rings. The van der Waals surface area contributed by atoms with Gasteiger partial charge in [0.1, 0.15) is 5.75 Å². The third kappa shape index (κ3) is 3.44. The van der Waals surface area contributed by atoms with Crippen LogP contribution in [0.3, 0.4) is 0 Å². The number of morpholine rings is 1. The molecule has 5 heteroatoms. The number of carbonyl (C=O) groups excluding carboxylic acids is 1. The van der Waals surface area contributed by atoms with Gasteiger partial charge in [-0.3, -0.25) is 4.79 Å². The molecule has 0 aliphatic carbocycles. The lowest BCUT2D eigenvalue weighted by atomic mass is 10.2. The molecule has 1 amide bonds. The van der Waals surface area contributed by atoms with Crippen molar-refractivity contribution >= 4 is 5.91 Å². The first-order chi connectivity index (χ1) is 8.99. The van der Waals surface area contributed by atoms with E-state index in [-0.39, 0.29) is 0 Å². The van der Waals surface area contributed by atoms with E-state index in [1.54, 1.807) is 12.1 Å². The molecule has 1 aromatic carbocycles. The van der Waals surface area contributed by atoms with Gasteiger partial charge in [-0.1, -0.05) is 17.7 Å². The number of aryl methyl sites for hydroxylation is 1. The normalized spacial score (nSPS) is 18.8. The number of rotatable bonds is 3. The van der Waals surface area contributed by atoms with E-state index >= 15 is 0 Å². The minimum Gasteiger partial charge on any atom is -0.450 e. The van der Waals surface area contributed by atoms with Gasteiger partial charge in [0.15, 0.2) is 0 Å². The number of alkyl halides is 1. The van der Waals surface area contributed by atoms with E-state index in [2.05, 4.69) is 0 Å². The second kappa shape index (κ2) is 5.57. The number of ether oxygens (including phenoxy) is 2. The maximum Gasteiger partial charge on any atom is 0.324 e. The van der Waals surface area contributed by atoms with E-state index in [4.69, 9.17) is 9.47 Å². The number of carbonyl (C=O) groups is 1. The summed E-state index contributed by atoms with van der Waals surface area (Å²) in [6, 6.07) is 6.93. The van der Waals surface area contributed by atoms with Crippen molar-refractivity contribution < 1.29 is 18.7 Å². The van der Waals surface area contributed by atoms with Gasteiger partial charge >= 0.3 is 5.85 Å². The van der Waals surface area contributed by atoms with Crippen molar-refractivity contribution in [1.29, 1.82) is 0 Å². The summed E-state index contributed by atoms with van der Waals surface area (Å²) in [5.74, 6) is -2.67. The number of benzene rings is 1. The van der Waals surface area contributed by atoms with Crippen molar-refractivity contribution in [3.63, 3.8) is 0 Å². The lowest BCUT2D eigenvalue weighted by Gasteiger charge is -2.31. The summed E-state index contributed by atoms with van der Waals surface area (Å²) >= 11 is 0. The Hall–Kier alpha value is -1.62. The predicted octanol–water partition coefficient (Wildman–Crippen LogP) is 1.92. The van der Waals surface area contributed by atoms with Gasteiger partial charge in [-0.05, 0) is 19.1 Å². The highest BCUT2D eigenvalue weighted by Gasteiger charge is 2.39. The zero-order chi connectivity index (χ0) is 13.9. The number of nitrogens with zero attached hydrogens (tertiary/aromatic N) is 1. The number of halogens is 1. The maximum atomic E-state index is 14.4. The Morgan fingerprint density at radius 1 is 1.32 bits per heavy atom. The Morgan fingerprint density at radius 3 is 2.47 bits per heavy atom. The molecule has 4 nitrogen and oxygen atoms in total. The summed E-state index contributed by atoms with van der Waals surface area (Å²) < 4.78 is 24.7. The highest BCUT2D eigenvalue weighted by molar-refractivity contribution is 5.83. The quantitative estimate of drug-likeness (QED) is 0.840. The van der Waals surface area contributed by atoms with Gasteiger partial charge in [0.25, 0.3) is 5.91 Å². The van der Waals surface area contributed by atoms with Crippen LogP contribution in [0.25, 0.3) is 0 Å². The zero-order valence-electron chi connectivity index (χ0n) is 11.2. The Bertz CT molecular complexity index is 439. The Labute approximate surface area is 112 Å².